The number of halogens is 1. The summed E-state index contributed by atoms with van der Waals surface area (Å²) in [6.07, 6.45) is 0. The molecule has 0 spiro atoms. The number of hydrogen-bond donors (Lipinski definition) is 1. The summed E-state index contributed by atoms with van der Waals surface area (Å²) in [7, 11) is 0. The monoisotopic (exact) mass is 318 g/mol. The van der Waals surface area contributed by atoms with Crippen LogP contribution in [0.5, 0.6) is 0 Å². The maximum Gasteiger partial charge on any atom is 0.0649 e. The predicted octanol–water partition coefficient (Wildman–Crippen LogP) is 2.94. The van der Waals surface area contributed by atoms with E-state index < -0.39 is 0 Å². The van der Waals surface area contributed by atoms with Gasteiger partial charge in [0.2, 0.25) is 0 Å². The number of benzene rings is 1. The van der Waals surface area contributed by atoms with Gasteiger partial charge in [0.1, 0.15) is 0 Å². The Kier molecular flexibility index (Phi) is 4.52. The molecule has 1 saturated heterocycles. The van der Waals surface area contributed by atoms with E-state index in [2.05, 4.69) is 31.0 Å². The van der Waals surface area contributed by atoms with Crippen LogP contribution in [0.1, 0.15) is 23.9 Å². The minimum Gasteiger partial charge on any atom is -0.312 e. The molecule has 22 heavy (non-hydrogen) atoms. The molecular weight excluding hydrogens is 296 g/mol. The highest BCUT2D eigenvalue weighted by Crippen LogP contribution is 2.21. The van der Waals surface area contributed by atoms with Crippen LogP contribution in [0.15, 0.2) is 24.3 Å². The summed E-state index contributed by atoms with van der Waals surface area (Å²) >= 11 is 5.98. The minimum absolute atomic E-state index is 0.556. The molecule has 0 saturated carbocycles. The molecule has 4 nitrogen and oxygen atoms in total. The van der Waals surface area contributed by atoms with Crippen molar-refractivity contribution < 1.29 is 0 Å². The zero-order valence-electron chi connectivity index (χ0n) is 13.4. The van der Waals surface area contributed by atoms with Gasteiger partial charge < -0.3 is 5.32 Å². The van der Waals surface area contributed by atoms with Crippen molar-refractivity contribution >= 4 is 11.6 Å². The normalized spacial score (nSPS) is 19.5. The third-order valence-electron chi connectivity index (χ3n) is 4.35. The Morgan fingerprint density at radius 2 is 2.00 bits per heavy atom. The summed E-state index contributed by atoms with van der Waals surface area (Å²) in [5, 5.41) is 8.96. The molecule has 1 N–H and O–H groups in total. The van der Waals surface area contributed by atoms with Crippen molar-refractivity contribution in [3.05, 3.63) is 46.2 Å². The topological polar surface area (TPSA) is 33.1 Å². The molecule has 0 unspecified atom stereocenters. The first-order valence-corrected chi connectivity index (χ1v) is 8.19. The van der Waals surface area contributed by atoms with Crippen molar-refractivity contribution in [3.8, 4) is 5.69 Å². The first-order chi connectivity index (χ1) is 10.5. The summed E-state index contributed by atoms with van der Waals surface area (Å²) in [6, 6.07) is 8.40. The van der Waals surface area contributed by atoms with Crippen LogP contribution in [0.2, 0.25) is 5.02 Å². The average Bonchev–Trinajstić information content (AvgIpc) is 2.76. The van der Waals surface area contributed by atoms with Crippen LogP contribution in [0.3, 0.4) is 0 Å². The first-order valence-electron chi connectivity index (χ1n) is 7.81. The fraction of sp³-hybridized carbons (Fsp3) is 0.471. The van der Waals surface area contributed by atoms with Gasteiger partial charge >= 0.3 is 0 Å². The molecule has 1 atom stereocenters. The van der Waals surface area contributed by atoms with Gasteiger partial charge in [-0.1, -0.05) is 11.6 Å². The highest BCUT2D eigenvalue weighted by Gasteiger charge is 2.20. The SMILES string of the molecule is Cc1nn(-c2ccc(Cl)cc2)c(C)c1CN1CCN[C@H](C)C1. The summed E-state index contributed by atoms with van der Waals surface area (Å²) in [5.74, 6) is 0. The Balaban J connectivity index is 1.85. The molecule has 0 bridgehead atoms. The molecule has 0 amide bonds. The molecule has 1 aliphatic rings. The van der Waals surface area contributed by atoms with E-state index in [1.807, 2.05) is 28.9 Å². The van der Waals surface area contributed by atoms with E-state index in [-0.39, 0.29) is 0 Å². The summed E-state index contributed by atoms with van der Waals surface area (Å²) < 4.78 is 2.02. The molecule has 2 aromatic rings. The largest absolute Gasteiger partial charge is 0.312 e. The first kappa shape index (κ1) is 15.5. The van der Waals surface area contributed by atoms with E-state index in [1.165, 1.54) is 11.3 Å². The molecule has 0 aliphatic carbocycles. The molecule has 5 heteroatoms. The van der Waals surface area contributed by atoms with Crippen molar-refractivity contribution in [2.45, 2.75) is 33.4 Å². The second kappa shape index (κ2) is 6.41. The van der Waals surface area contributed by atoms with Gasteiger partial charge in [-0.25, -0.2) is 4.68 Å². The van der Waals surface area contributed by atoms with Gasteiger partial charge in [0.05, 0.1) is 11.4 Å². The van der Waals surface area contributed by atoms with Crippen LogP contribution < -0.4 is 5.32 Å². The lowest BCUT2D eigenvalue weighted by Gasteiger charge is -2.31. The lowest BCUT2D eigenvalue weighted by atomic mass is 10.1. The molecule has 3 rings (SSSR count). The van der Waals surface area contributed by atoms with Crippen molar-refractivity contribution in [1.29, 1.82) is 0 Å². The van der Waals surface area contributed by atoms with Gasteiger partial charge in [-0.05, 0) is 45.0 Å². The smallest absolute Gasteiger partial charge is 0.0649 e. The molecule has 1 fully saturated rings. The fourth-order valence-corrected chi connectivity index (χ4v) is 3.24. The molecule has 1 aromatic heterocycles. The summed E-state index contributed by atoms with van der Waals surface area (Å²) in [5.41, 5.74) is 4.72. The fourth-order valence-electron chi connectivity index (χ4n) is 3.12. The number of aromatic nitrogens is 2. The van der Waals surface area contributed by atoms with Gasteiger partial charge in [0, 0.05) is 48.5 Å². The Bertz CT molecular complexity index is 647. The Morgan fingerprint density at radius 1 is 1.27 bits per heavy atom. The lowest BCUT2D eigenvalue weighted by molar-refractivity contribution is 0.199. The quantitative estimate of drug-likeness (QED) is 0.944. The number of nitrogens with zero attached hydrogens (tertiary/aromatic N) is 3. The Morgan fingerprint density at radius 3 is 2.68 bits per heavy atom. The van der Waals surface area contributed by atoms with Crippen LogP contribution in [-0.4, -0.2) is 40.4 Å². The zero-order valence-corrected chi connectivity index (χ0v) is 14.2. The number of rotatable bonds is 3. The van der Waals surface area contributed by atoms with Crippen LogP contribution in [0, 0.1) is 13.8 Å². The van der Waals surface area contributed by atoms with Gasteiger partial charge in [-0.15, -0.1) is 0 Å². The van der Waals surface area contributed by atoms with Crippen molar-refractivity contribution in [2.24, 2.45) is 0 Å². The summed E-state index contributed by atoms with van der Waals surface area (Å²) in [6.45, 7) is 10.7. The van der Waals surface area contributed by atoms with Crippen LogP contribution in [0.4, 0.5) is 0 Å². The van der Waals surface area contributed by atoms with Gasteiger partial charge in [0.15, 0.2) is 0 Å². The second-order valence-electron chi connectivity index (χ2n) is 6.13. The molecule has 0 radical (unpaired) electrons. The highest BCUT2D eigenvalue weighted by atomic mass is 35.5. The summed E-state index contributed by atoms with van der Waals surface area (Å²) in [4.78, 5) is 2.50. The number of hydrogen-bond acceptors (Lipinski definition) is 3. The van der Waals surface area contributed by atoms with Gasteiger partial charge in [0.25, 0.3) is 0 Å². The second-order valence-corrected chi connectivity index (χ2v) is 6.56. The highest BCUT2D eigenvalue weighted by molar-refractivity contribution is 6.30. The molecule has 118 valence electrons. The standard InChI is InChI=1S/C17H23ClN4/c1-12-10-21(9-8-19-12)11-17-13(2)20-22(14(17)3)16-6-4-15(18)5-7-16/h4-7,12,19H,8-11H2,1-3H3/t12-/m1/s1. The van der Waals surface area contributed by atoms with Crippen LogP contribution >= 0.6 is 11.6 Å². The van der Waals surface area contributed by atoms with E-state index in [1.54, 1.807) is 0 Å². The van der Waals surface area contributed by atoms with Gasteiger partial charge in [-0.3, -0.25) is 4.90 Å². The minimum atomic E-state index is 0.556. The number of nitrogens with one attached hydrogen (secondary N) is 1. The van der Waals surface area contributed by atoms with E-state index >= 15 is 0 Å². The lowest BCUT2D eigenvalue weighted by Crippen LogP contribution is -2.48. The molecule has 1 aliphatic heterocycles. The molecule has 1 aromatic carbocycles. The van der Waals surface area contributed by atoms with E-state index in [9.17, 15) is 0 Å². The Labute approximate surface area is 137 Å². The third kappa shape index (κ3) is 3.19. The van der Waals surface area contributed by atoms with Crippen molar-refractivity contribution in [2.75, 3.05) is 19.6 Å². The van der Waals surface area contributed by atoms with E-state index in [4.69, 9.17) is 16.7 Å². The van der Waals surface area contributed by atoms with Gasteiger partial charge in [-0.2, -0.15) is 5.10 Å². The van der Waals surface area contributed by atoms with Crippen LogP contribution in [0.25, 0.3) is 5.69 Å². The zero-order chi connectivity index (χ0) is 15.7. The number of aryl methyl sites for hydroxylation is 1. The Hall–Kier alpha value is -1.36. The van der Waals surface area contributed by atoms with Crippen molar-refractivity contribution in [1.82, 2.24) is 20.0 Å². The predicted molar refractivity (Wildman–Crippen MR) is 90.8 cm³/mol. The number of piperazine rings is 1. The van der Waals surface area contributed by atoms with Crippen LogP contribution in [-0.2, 0) is 6.54 Å². The molecular formula is C17H23ClN4. The van der Waals surface area contributed by atoms with E-state index in [0.29, 0.717) is 6.04 Å². The van der Waals surface area contributed by atoms with Crippen molar-refractivity contribution in [3.63, 3.8) is 0 Å². The van der Waals surface area contributed by atoms with E-state index in [0.717, 1.165) is 42.6 Å². The third-order valence-corrected chi connectivity index (χ3v) is 4.60. The average molecular weight is 319 g/mol. The maximum absolute atomic E-state index is 5.98. The molecule has 2 heterocycles. The maximum atomic E-state index is 5.98.